The number of hydrogen-bond donors (Lipinski definition) is 1. The van der Waals surface area contributed by atoms with Crippen molar-refractivity contribution in [3.05, 3.63) is 60.4 Å². The lowest BCUT2D eigenvalue weighted by Gasteiger charge is -2.28. The van der Waals surface area contributed by atoms with Gasteiger partial charge in [0.1, 0.15) is 5.65 Å². The standard InChI is InChI=1S/C24H21N5OS/c1-15-19-21(31-20(15)16-5-3-2-4-6-16)24(29-9-11-30-12-10-29)28-23(27-19)18-13-17-7-8-25-22(17)26-14-18/h2-8,13-14H,9-12H2,1H3,(H,25,26). The van der Waals surface area contributed by atoms with Gasteiger partial charge in [-0.3, -0.25) is 0 Å². The van der Waals surface area contributed by atoms with E-state index in [1.807, 2.05) is 24.5 Å². The maximum absolute atomic E-state index is 5.59. The van der Waals surface area contributed by atoms with Gasteiger partial charge in [-0.1, -0.05) is 30.3 Å². The van der Waals surface area contributed by atoms with Crippen molar-refractivity contribution in [1.82, 2.24) is 19.9 Å². The Morgan fingerprint density at radius 1 is 1.03 bits per heavy atom. The van der Waals surface area contributed by atoms with Crippen LogP contribution in [0.4, 0.5) is 5.82 Å². The fraction of sp³-hybridized carbons (Fsp3) is 0.208. The zero-order valence-corrected chi connectivity index (χ0v) is 17.9. The highest BCUT2D eigenvalue weighted by Gasteiger charge is 2.23. The number of nitrogens with one attached hydrogen (secondary N) is 1. The Labute approximate surface area is 183 Å². The highest BCUT2D eigenvalue weighted by Crippen LogP contribution is 2.42. The van der Waals surface area contributed by atoms with Crippen molar-refractivity contribution >= 4 is 38.4 Å². The molecule has 0 radical (unpaired) electrons. The SMILES string of the molecule is Cc1c(-c2ccccc2)sc2c(N3CCOCC3)nc(-c3cnc4[nH]ccc4c3)nc12. The predicted octanol–water partition coefficient (Wildman–Crippen LogP) is 5.05. The summed E-state index contributed by atoms with van der Waals surface area (Å²) in [6.07, 6.45) is 3.75. The fourth-order valence-electron chi connectivity index (χ4n) is 4.12. The van der Waals surface area contributed by atoms with Gasteiger partial charge in [0.2, 0.25) is 0 Å². The molecule has 6 rings (SSSR count). The van der Waals surface area contributed by atoms with E-state index in [1.165, 1.54) is 16.0 Å². The molecule has 1 saturated heterocycles. The maximum Gasteiger partial charge on any atom is 0.163 e. The normalized spacial score (nSPS) is 14.5. The maximum atomic E-state index is 5.59. The van der Waals surface area contributed by atoms with Gasteiger partial charge in [-0.25, -0.2) is 15.0 Å². The molecule has 1 N–H and O–H groups in total. The third-order valence-electron chi connectivity index (χ3n) is 5.75. The summed E-state index contributed by atoms with van der Waals surface area (Å²) in [5.41, 5.74) is 5.23. The van der Waals surface area contributed by atoms with E-state index in [-0.39, 0.29) is 0 Å². The Morgan fingerprint density at radius 2 is 1.87 bits per heavy atom. The van der Waals surface area contributed by atoms with Crippen molar-refractivity contribution in [2.45, 2.75) is 6.92 Å². The van der Waals surface area contributed by atoms with Gasteiger partial charge >= 0.3 is 0 Å². The Morgan fingerprint density at radius 3 is 2.71 bits per heavy atom. The molecule has 5 heterocycles. The molecule has 0 aliphatic carbocycles. The third kappa shape index (κ3) is 3.17. The number of benzene rings is 1. The van der Waals surface area contributed by atoms with Crippen molar-refractivity contribution in [3.63, 3.8) is 0 Å². The Kier molecular flexibility index (Phi) is 4.44. The first-order valence-corrected chi connectivity index (χ1v) is 11.2. The van der Waals surface area contributed by atoms with Gasteiger partial charge in [0.15, 0.2) is 11.6 Å². The van der Waals surface area contributed by atoms with Gasteiger partial charge in [0.25, 0.3) is 0 Å². The zero-order valence-electron chi connectivity index (χ0n) is 17.1. The molecule has 1 aliphatic heterocycles. The van der Waals surface area contributed by atoms with E-state index in [4.69, 9.17) is 14.7 Å². The number of morpholine rings is 1. The van der Waals surface area contributed by atoms with Gasteiger partial charge in [-0.15, -0.1) is 11.3 Å². The summed E-state index contributed by atoms with van der Waals surface area (Å²) >= 11 is 1.78. The van der Waals surface area contributed by atoms with E-state index in [2.05, 4.69) is 52.1 Å². The summed E-state index contributed by atoms with van der Waals surface area (Å²) in [6.45, 7) is 5.26. The molecule has 31 heavy (non-hydrogen) atoms. The molecule has 154 valence electrons. The Bertz CT molecular complexity index is 1390. The van der Waals surface area contributed by atoms with E-state index in [0.29, 0.717) is 19.0 Å². The molecule has 5 aromatic rings. The van der Waals surface area contributed by atoms with Crippen molar-refractivity contribution in [3.8, 4) is 21.8 Å². The first kappa shape index (κ1) is 18.5. The molecule has 1 fully saturated rings. The van der Waals surface area contributed by atoms with Crippen LogP contribution in [0.2, 0.25) is 0 Å². The van der Waals surface area contributed by atoms with Crippen LogP contribution in [0.3, 0.4) is 0 Å². The summed E-state index contributed by atoms with van der Waals surface area (Å²) in [5.74, 6) is 1.71. The van der Waals surface area contributed by atoms with Crippen molar-refractivity contribution < 1.29 is 4.74 Å². The van der Waals surface area contributed by atoms with Crippen LogP contribution in [0, 0.1) is 6.92 Å². The number of rotatable bonds is 3. The van der Waals surface area contributed by atoms with Gasteiger partial charge in [-0.2, -0.15) is 0 Å². The number of pyridine rings is 1. The van der Waals surface area contributed by atoms with Crippen LogP contribution in [0.15, 0.2) is 54.9 Å². The van der Waals surface area contributed by atoms with Crippen molar-refractivity contribution in [2.24, 2.45) is 0 Å². The number of nitrogens with zero attached hydrogens (tertiary/aromatic N) is 4. The zero-order chi connectivity index (χ0) is 20.8. The van der Waals surface area contributed by atoms with Crippen molar-refractivity contribution in [2.75, 3.05) is 31.2 Å². The predicted molar refractivity (Wildman–Crippen MR) is 126 cm³/mol. The highest BCUT2D eigenvalue weighted by molar-refractivity contribution is 7.23. The molecule has 7 heteroatoms. The van der Waals surface area contributed by atoms with Gasteiger partial charge in [0, 0.05) is 41.3 Å². The van der Waals surface area contributed by atoms with Gasteiger partial charge < -0.3 is 14.6 Å². The van der Waals surface area contributed by atoms with Crippen LogP contribution >= 0.6 is 11.3 Å². The molecular weight excluding hydrogens is 406 g/mol. The second-order valence-electron chi connectivity index (χ2n) is 7.71. The molecule has 0 bridgehead atoms. The lowest BCUT2D eigenvalue weighted by Crippen LogP contribution is -2.36. The van der Waals surface area contributed by atoms with E-state index >= 15 is 0 Å². The molecule has 1 aliphatic rings. The number of aryl methyl sites for hydroxylation is 1. The summed E-state index contributed by atoms with van der Waals surface area (Å²) < 4.78 is 6.73. The van der Waals surface area contributed by atoms with E-state index in [9.17, 15) is 0 Å². The topological polar surface area (TPSA) is 66.9 Å². The average molecular weight is 428 g/mol. The summed E-state index contributed by atoms with van der Waals surface area (Å²) in [4.78, 5) is 21.3. The van der Waals surface area contributed by atoms with E-state index < -0.39 is 0 Å². The second kappa shape index (κ2) is 7.44. The second-order valence-corrected chi connectivity index (χ2v) is 8.73. The average Bonchev–Trinajstić information content (AvgIpc) is 3.43. The molecule has 0 amide bonds. The number of hydrogen-bond acceptors (Lipinski definition) is 6. The van der Waals surface area contributed by atoms with Crippen LogP contribution < -0.4 is 4.90 Å². The van der Waals surface area contributed by atoms with Crippen LogP contribution in [-0.4, -0.2) is 46.2 Å². The summed E-state index contributed by atoms with van der Waals surface area (Å²) in [6, 6.07) is 14.6. The number of ether oxygens (including phenoxy) is 1. The highest BCUT2D eigenvalue weighted by atomic mass is 32.1. The van der Waals surface area contributed by atoms with E-state index in [0.717, 1.165) is 45.7 Å². The number of aromatic amines is 1. The Hall–Kier alpha value is -3.29. The summed E-state index contributed by atoms with van der Waals surface area (Å²) in [5, 5.41) is 1.06. The molecule has 0 unspecified atom stereocenters. The van der Waals surface area contributed by atoms with Crippen LogP contribution in [0.25, 0.3) is 43.1 Å². The Balaban J connectivity index is 1.58. The number of anilines is 1. The third-order valence-corrected chi connectivity index (χ3v) is 7.08. The fourth-order valence-corrected chi connectivity index (χ4v) is 5.39. The number of H-pyrrole nitrogens is 1. The molecule has 6 nitrogen and oxygen atoms in total. The monoisotopic (exact) mass is 427 g/mol. The number of thiophene rings is 1. The summed E-state index contributed by atoms with van der Waals surface area (Å²) in [7, 11) is 0. The van der Waals surface area contributed by atoms with Crippen LogP contribution in [0.5, 0.6) is 0 Å². The lowest BCUT2D eigenvalue weighted by molar-refractivity contribution is 0.122. The van der Waals surface area contributed by atoms with Gasteiger partial charge in [-0.05, 0) is 30.2 Å². The molecule has 0 spiro atoms. The van der Waals surface area contributed by atoms with Gasteiger partial charge in [0.05, 0.1) is 23.4 Å². The van der Waals surface area contributed by atoms with E-state index in [1.54, 1.807) is 11.3 Å². The van der Waals surface area contributed by atoms with Crippen LogP contribution in [0.1, 0.15) is 5.56 Å². The minimum atomic E-state index is 0.713. The first-order valence-electron chi connectivity index (χ1n) is 10.4. The molecule has 0 atom stereocenters. The minimum absolute atomic E-state index is 0.713. The lowest BCUT2D eigenvalue weighted by atomic mass is 10.1. The quantitative estimate of drug-likeness (QED) is 0.437. The van der Waals surface area contributed by atoms with Crippen molar-refractivity contribution in [1.29, 1.82) is 0 Å². The number of aromatic nitrogens is 4. The first-order chi connectivity index (χ1) is 15.3. The number of fused-ring (bicyclic) bond motifs is 2. The molecule has 1 aromatic carbocycles. The smallest absolute Gasteiger partial charge is 0.163 e. The molecule has 4 aromatic heterocycles. The van der Waals surface area contributed by atoms with Crippen LogP contribution in [-0.2, 0) is 4.74 Å². The molecule has 0 saturated carbocycles. The molecular formula is C24H21N5OS. The largest absolute Gasteiger partial charge is 0.378 e. The minimum Gasteiger partial charge on any atom is -0.378 e.